The summed E-state index contributed by atoms with van der Waals surface area (Å²) in [5, 5.41) is 2.63. The lowest BCUT2D eigenvalue weighted by Crippen LogP contribution is -2.39. The first kappa shape index (κ1) is 14.8. The minimum Gasteiger partial charge on any atom is -0.381 e. The molecule has 2 rings (SSSR count). The van der Waals surface area contributed by atoms with E-state index in [0.717, 1.165) is 12.8 Å². The highest BCUT2D eigenvalue weighted by atomic mass is 19.2. The molecular weight excluding hydrogens is 271 g/mol. The van der Waals surface area contributed by atoms with Crippen molar-refractivity contribution in [2.75, 3.05) is 19.8 Å². The van der Waals surface area contributed by atoms with Crippen molar-refractivity contribution < 1.29 is 22.7 Å². The van der Waals surface area contributed by atoms with Crippen molar-refractivity contribution in [2.24, 2.45) is 5.41 Å². The van der Waals surface area contributed by atoms with Gasteiger partial charge in [0.05, 0.1) is 0 Å². The first-order valence-corrected chi connectivity index (χ1v) is 6.42. The molecule has 1 aromatic carbocycles. The van der Waals surface area contributed by atoms with E-state index in [0.29, 0.717) is 31.9 Å². The van der Waals surface area contributed by atoms with Crippen LogP contribution in [0.5, 0.6) is 0 Å². The zero-order chi connectivity index (χ0) is 14.8. The molecule has 0 aliphatic carbocycles. The van der Waals surface area contributed by atoms with Crippen LogP contribution in [-0.2, 0) is 4.74 Å². The maximum absolute atomic E-state index is 13.1. The summed E-state index contributed by atoms with van der Waals surface area (Å²) >= 11 is 0. The zero-order valence-corrected chi connectivity index (χ0v) is 11.1. The summed E-state index contributed by atoms with van der Waals surface area (Å²) in [6.07, 6.45) is 1.61. The number of ether oxygens (including phenoxy) is 1. The molecule has 6 heteroatoms. The number of amides is 1. The van der Waals surface area contributed by atoms with Crippen molar-refractivity contribution in [3.05, 3.63) is 35.1 Å². The Bertz CT molecular complexity index is 490. The molecule has 1 fully saturated rings. The molecule has 3 nitrogen and oxygen atoms in total. The number of nitrogens with one attached hydrogen (secondary N) is 1. The van der Waals surface area contributed by atoms with Gasteiger partial charge in [0.25, 0.3) is 5.91 Å². The van der Waals surface area contributed by atoms with E-state index in [2.05, 4.69) is 5.32 Å². The van der Waals surface area contributed by atoms with E-state index in [1.54, 1.807) is 0 Å². The third-order valence-electron chi connectivity index (χ3n) is 3.62. The van der Waals surface area contributed by atoms with Crippen LogP contribution in [0.3, 0.4) is 0 Å². The van der Waals surface area contributed by atoms with Crippen LogP contribution >= 0.6 is 0 Å². The minimum absolute atomic E-state index is 0.0922. The molecule has 20 heavy (non-hydrogen) atoms. The fourth-order valence-electron chi connectivity index (χ4n) is 2.12. The van der Waals surface area contributed by atoms with Gasteiger partial charge in [0.2, 0.25) is 0 Å². The molecule has 0 spiro atoms. The fraction of sp³-hybridized carbons (Fsp3) is 0.500. The smallest absolute Gasteiger partial charge is 0.251 e. The van der Waals surface area contributed by atoms with Crippen molar-refractivity contribution in [2.45, 2.75) is 19.8 Å². The summed E-state index contributed by atoms with van der Waals surface area (Å²) in [6, 6.07) is 1.39. The predicted molar refractivity (Wildman–Crippen MR) is 66.8 cm³/mol. The Morgan fingerprint density at radius 3 is 2.35 bits per heavy atom. The van der Waals surface area contributed by atoms with Gasteiger partial charge >= 0.3 is 0 Å². The molecule has 1 aliphatic heterocycles. The number of hydrogen-bond acceptors (Lipinski definition) is 2. The van der Waals surface area contributed by atoms with Crippen LogP contribution in [0.15, 0.2) is 12.1 Å². The number of rotatable bonds is 3. The van der Waals surface area contributed by atoms with Gasteiger partial charge in [0, 0.05) is 25.3 Å². The molecule has 0 bridgehead atoms. The standard InChI is InChI=1S/C14H16F3NO2/c1-14(2-4-20-5-3-14)8-18-13(19)9-6-10(15)12(17)11(16)7-9/h6-7H,2-5,8H2,1H3,(H,18,19). The molecule has 1 amide bonds. The molecule has 0 unspecified atom stereocenters. The first-order valence-electron chi connectivity index (χ1n) is 6.42. The van der Waals surface area contributed by atoms with Crippen LogP contribution in [0.4, 0.5) is 13.2 Å². The molecule has 1 aliphatic rings. The van der Waals surface area contributed by atoms with Crippen LogP contribution in [0, 0.1) is 22.9 Å². The molecule has 1 aromatic rings. The van der Waals surface area contributed by atoms with E-state index in [-0.39, 0.29) is 11.0 Å². The summed E-state index contributed by atoms with van der Waals surface area (Å²) in [5.41, 5.74) is -0.317. The van der Waals surface area contributed by atoms with E-state index in [4.69, 9.17) is 4.74 Å². The Hall–Kier alpha value is -1.56. The quantitative estimate of drug-likeness (QED) is 0.868. The lowest BCUT2D eigenvalue weighted by molar-refractivity contribution is 0.0238. The second kappa shape index (κ2) is 5.83. The Morgan fingerprint density at radius 2 is 1.80 bits per heavy atom. The van der Waals surface area contributed by atoms with Gasteiger partial charge in [-0.25, -0.2) is 13.2 Å². The van der Waals surface area contributed by atoms with Gasteiger partial charge in [-0.15, -0.1) is 0 Å². The zero-order valence-electron chi connectivity index (χ0n) is 11.1. The molecule has 0 aromatic heterocycles. The highest BCUT2D eigenvalue weighted by Crippen LogP contribution is 2.28. The summed E-state index contributed by atoms with van der Waals surface area (Å²) in [6.45, 7) is 3.66. The van der Waals surface area contributed by atoms with E-state index in [9.17, 15) is 18.0 Å². The Morgan fingerprint density at radius 1 is 1.25 bits per heavy atom. The summed E-state index contributed by atoms with van der Waals surface area (Å²) in [4.78, 5) is 11.8. The summed E-state index contributed by atoms with van der Waals surface area (Å²) < 4.78 is 44.2. The highest BCUT2D eigenvalue weighted by Gasteiger charge is 2.28. The number of halogens is 3. The van der Waals surface area contributed by atoms with Crippen LogP contribution in [0.1, 0.15) is 30.1 Å². The second-order valence-electron chi connectivity index (χ2n) is 5.36. The maximum Gasteiger partial charge on any atom is 0.251 e. The third-order valence-corrected chi connectivity index (χ3v) is 3.62. The number of carbonyl (C=O) groups is 1. The molecule has 1 heterocycles. The second-order valence-corrected chi connectivity index (χ2v) is 5.36. The van der Waals surface area contributed by atoms with Crippen LogP contribution in [0.2, 0.25) is 0 Å². The van der Waals surface area contributed by atoms with Gasteiger partial charge in [-0.2, -0.15) is 0 Å². The van der Waals surface area contributed by atoms with Gasteiger partial charge in [-0.05, 0) is 30.4 Å². The van der Waals surface area contributed by atoms with Crippen molar-refractivity contribution in [3.8, 4) is 0 Å². The van der Waals surface area contributed by atoms with E-state index in [1.807, 2.05) is 6.92 Å². The summed E-state index contributed by atoms with van der Waals surface area (Å²) in [5.74, 6) is -4.92. The van der Waals surface area contributed by atoms with Crippen molar-refractivity contribution >= 4 is 5.91 Å². The van der Waals surface area contributed by atoms with Crippen molar-refractivity contribution in [1.82, 2.24) is 5.32 Å². The molecule has 0 radical (unpaired) electrons. The molecule has 1 N–H and O–H groups in total. The molecule has 0 saturated carbocycles. The van der Waals surface area contributed by atoms with Gasteiger partial charge in [-0.3, -0.25) is 4.79 Å². The Labute approximate surface area is 115 Å². The normalized spacial score (nSPS) is 17.8. The monoisotopic (exact) mass is 287 g/mol. The van der Waals surface area contributed by atoms with Gasteiger partial charge in [0.15, 0.2) is 17.5 Å². The molecule has 1 saturated heterocycles. The van der Waals surface area contributed by atoms with Gasteiger partial charge < -0.3 is 10.1 Å². The van der Waals surface area contributed by atoms with Crippen LogP contribution in [-0.4, -0.2) is 25.7 Å². The highest BCUT2D eigenvalue weighted by molar-refractivity contribution is 5.94. The average molecular weight is 287 g/mol. The van der Waals surface area contributed by atoms with Crippen LogP contribution in [0.25, 0.3) is 0 Å². The first-order chi connectivity index (χ1) is 9.41. The van der Waals surface area contributed by atoms with E-state index in [1.165, 1.54) is 0 Å². The Balaban J connectivity index is 2.01. The number of carbonyl (C=O) groups excluding carboxylic acids is 1. The Kier molecular flexibility index (Phi) is 4.32. The maximum atomic E-state index is 13.1. The SMILES string of the molecule is CC1(CNC(=O)c2cc(F)c(F)c(F)c2)CCOCC1. The number of benzene rings is 1. The topological polar surface area (TPSA) is 38.3 Å². The number of hydrogen-bond donors (Lipinski definition) is 1. The van der Waals surface area contributed by atoms with Crippen LogP contribution < -0.4 is 5.32 Å². The van der Waals surface area contributed by atoms with Crippen molar-refractivity contribution in [1.29, 1.82) is 0 Å². The molecular formula is C14H16F3NO2. The van der Waals surface area contributed by atoms with E-state index < -0.39 is 23.4 Å². The predicted octanol–water partition coefficient (Wildman–Crippen LogP) is 2.65. The van der Waals surface area contributed by atoms with Gasteiger partial charge in [-0.1, -0.05) is 6.92 Å². The van der Waals surface area contributed by atoms with Gasteiger partial charge in [0.1, 0.15) is 0 Å². The minimum atomic E-state index is -1.57. The third kappa shape index (κ3) is 3.30. The molecule has 0 atom stereocenters. The summed E-state index contributed by atoms with van der Waals surface area (Å²) in [7, 11) is 0. The van der Waals surface area contributed by atoms with Crippen molar-refractivity contribution in [3.63, 3.8) is 0 Å². The fourth-order valence-corrected chi connectivity index (χ4v) is 2.12. The van der Waals surface area contributed by atoms with E-state index >= 15 is 0 Å². The lowest BCUT2D eigenvalue weighted by atomic mass is 9.82. The average Bonchev–Trinajstić information content (AvgIpc) is 2.42. The largest absolute Gasteiger partial charge is 0.381 e. The molecule has 110 valence electrons. The lowest BCUT2D eigenvalue weighted by Gasteiger charge is -2.33.